The summed E-state index contributed by atoms with van der Waals surface area (Å²) in [6.45, 7) is 2.56. The van der Waals surface area contributed by atoms with Gasteiger partial charge in [0.25, 0.3) is 5.91 Å². The first kappa shape index (κ1) is 17.4. The molecule has 3 rings (SSSR count). The molecule has 1 amide bonds. The summed E-state index contributed by atoms with van der Waals surface area (Å²) in [5.41, 5.74) is 3.72. The van der Waals surface area contributed by atoms with Gasteiger partial charge < -0.3 is 9.88 Å². The molecule has 0 unspecified atom stereocenters. The fourth-order valence-electron chi connectivity index (χ4n) is 2.80. The normalized spacial score (nSPS) is 10.3. The molecular weight excluding hydrogens is 324 g/mol. The van der Waals surface area contributed by atoms with Crippen molar-refractivity contribution >= 4 is 5.91 Å². The highest BCUT2D eigenvalue weighted by Crippen LogP contribution is 2.18. The minimum Gasteiger partial charge on any atom is -0.350 e. The van der Waals surface area contributed by atoms with E-state index in [-0.39, 0.29) is 5.91 Å². The quantitative estimate of drug-likeness (QED) is 0.746. The Morgan fingerprint density at radius 3 is 2.65 bits per heavy atom. The van der Waals surface area contributed by atoms with Crippen LogP contribution in [0.5, 0.6) is 0 Å². The Bertz CT molecular complexity index is 921. The second kappa shape index (κ2) is 8.13. The van der Waals surface area contributed by atoms with Gasteiger partial charge in [0.05, 0.1) is 5.56 Å². The first-order valence-electron chi connectivity index (χ1n) is 8.61. The summed E-state index contributed by atoms with van der Waals surface area (Å²) in [6, 6.07) is 17.5. The molecule has 5 heteroatoms. The predicted octanol–water partition coefficient (Wildman–Crippen LogP) is 3.28. The number of nitriles is 1. The Balaban J connectivity index is 1.78. The summed E-state index contributed by atoms with van der Waals surface area (Å²) in [5.74, 6) is -0.262. The van der Waals surface area contributed by atoms with Crippen LogP contribution in [-0.2, 0) is 12.8 Å². The van der Waals surface area contributed by atoms with Gasteiger partial charge in [-0.25, -0.2) is 0 Å². The molecule has 3 aromatic rings. The number of pyridine rings is 1. The number of aryl methyl sites for hydroxylation is 1. The Morgan fingerprint density at radius 2 is 2.00 bits per heavy atom. The topological polar surface area (TPSA) is 70.7 Å². The van der Waals surface area contributed by atoms with E-state index >= 15 is 0 Å². The molecule has 0 spiro atoms. The Morgan fingerprint density at radius 1 is 1.19 bits per heavy atom. The van der Waals surface area contributed by atoms with Gasteiger partial charge in [-0.1, -0.05) is 25.1 Å². The smallest absolute Gasteiger partial charge is 0.269 e. The van der Waals surface area contributed by atoms with Crippen LogP contribution in [0.25, 0.3) is 5.69 Å². The zero-order chi connectivity index (χ0) is 18.4. The summed E-state index contributed by atoms with van der Waals surface area (Å²) in [7, 11) is 0. The fourth-order valence-corrected chi connectivity index (χ4v) is 2.80. The lowest BCUT2D eigenvalue weighted by Crippen LogP contribution is -2.28. The van der Waals surface area contributed by atoms with Gasteiger partial charge in [-0.05, 0) is 42.3 Å². The van der Waals surface area contributed by atoms with Gasteiger partial charge in [0, 0.05) is 36.7 Å². The van der Waals surface area contributed by atoms with Crippen molar-refractivity contribution in [3.8, 4) is 11.8 Å². The van der Waals surface area contributed by atoms with Crippen molar-refractivity contribution in [1.82, 2.24) is 14.9 Å². The number of amides is 1. The number of carbonyl (C=O) groups is 1. The molecule has 1 N–H and O–H groups in total. The maximum atomic E-state index is 12.7. The van der Waals surface area contributed by atoms with E-state index in [4.69, 9.17) is 0 Å². The van der Waals surface area contributed by atoms with E-state index in [2.05, 4.69) is 23.3 Å². The minimum atomic E-state index is -0.262. The number of nitrogens with zero attached hydrogens (tertiary/aromatic N) is 3. The molecule has 130 valence electrons. The molecule has 2 heterocycles. The van der Waals surface area contributed by atoms with Crippen LogP contribution < -0.4 is 5.32 Å². The number of nitrogens with one attached hydrogen (secondary N) is 1. The molecule has 0 aliphatic heterocycles. The van der Waals surface area contributed by atoms with Crippen molar-refractivity contribution in [2.45, 2.75) is 19.8 Å². The molecule has 0 atom stereocenters. The highest BCUT2D eigenvalue weighted by atomic mass is 16.1. The number of benzene rings is 1. The molecule has 1 aromatic carbocycles. The van der Waals surface area contributed by atoms with Gasteiger partial charge in [0.15, 0.2) is 0 Å². The van der Waals surface area contributed by atoms with Gasteiger partial charge in [-0.2, -0.15) is 5.26 Å². The third kappa shape index (κ3) is 3.81. The van der Waals surface area contributed by atoms with Crippen molar-refractivity contribution in [2.75, 3.05) is 6.54 Å². The van der Waals surface area contributed by atoms with Crippen molar-refractivity contribution in [1.29, 1.82) is 5.26 Å². The third-order valence-electron chi connectivity index (χ3n) is 4.24. The maximum Gasteiger partial charge on any atom is 0.269 e. The lowest BCUT2D eigenvalue weighted by atomic mass is 10.1. The van der Waals surface area contributed by atoms with E-state index in [1.807, 2.05) is 42.5 Å². The lowest BCUT2D eigenvalue weighted by Gasteiger charge is -2.11. The predicted molar refractivity (Wildman–Crippen MR) is 100 cm³/mol. The molecule has 0 saturated carbocycles. The van der Waals surface area contributed by atoms with Crippen LogP contribution in [0.4, 0.5) is 0 Å². The monoisotopic (exact) mass is 344 g/mol. The molecule has 0 saturated heterocycles. The van der Waals surface area contributed by atoms with E-state index in [9.17, 15) is 10.1 Å². The molecule has 5 nitrogen and oxygen atoms in total. The van der Waals surface area contributed by atoms with Gasteiger partial charge in [-0.15, -0.1) is 0 Å². The lowest BCUT2D eigenvalue weighted by molar-refractivity contribution is 0.0947. The standard InChI is InChI=1S/C21H20N4O/c1-2-16-6-8-19(9-7-16)25-14-11-17(15-22)20(25)21(26)24-13-10-18-5-3-4-12-23-18/h3-9,11-12,14H,2,10,13H2,1H3,(H,24,26). The molecule has 0 aliphatic carbocycles. The van der Waals surface area contributed by atoms with Gasteiger partial charge in [0.1, 0.15) is 11.8 Å². The Labute approximate surface area is 152 Å². The van der Waals surface area contributed by atoms with E-state index in [0.29, 0.717) is 24.2 Å². The highest BCUT2D eigenvalue weighted by Gasteiger charge is 2.18. The van der Waals surface area contributed by atoms with E-state index < -0.39 is 0 Å². The maximum absolute atomic E-state index is 12.7. The van der Waals surface area contributed by atoms with Crippen LogP contribution in [0.15, 0.2) is 60.9 Å². The van der Waals surface area contributed by atoms with Crippen LogP contribution in [0.1, 0.15) is 34.2 Å². The fraction of sp³-hybridized carbons (Fsp3) is 0.190. The molecule has 0 fully saturated rings. The third-order valence-corrected chi connectivity index (χ3v) is 4.24. The van der Waals surface area contributed by atoms with Crippen LogP contribution in [0.3, 0.4) is 0 Å². The molecular formula is C21H20N4O. The van der Waals surface area contributed by atoms with Crippen molar-refractivity contribution in [2.24, 2.45) is 0 Å². The minimum absolute atomic E-state index is 0.262. The van der Waals surface area contributed by atoms with Crippen LogP contribution >= 0.6 is 0 Å². The number of rotatable bonds is 6. The van der Waals surface area contributed by atoms with Crippen molar-refractivity contribution in [3.63, 3.8) is 0 Å². The molecule has 0 radical (unpaired) electrons. The SMILES string of the molecule is CCc1ccc(-n2ccc(C#N)c2C(=O)NCCc2ccccn2)cc1. The highest BCUT2D eigenvalue weighted by molar-refractivity contribution is 5.95. The Hall–Kier alpha value is -3.39. The molecule has 0 bridgehead atoms. The van der Waals surface area contributed by atoms with Gasteiger partial charge in [0.2, 0.25) is 0 Å². The van der Waals surface area contributed by atoms with Crippen LogP contribution in [0, 0.1) is 11.3 Å². The van der Waals surface area contributed by atoms with E-state index in [1.165, 1.54) is 5.56 Å². The summed E-state index contributed by atoms with van der Waals surface area (Å²) in [4.78, 5) is 16.9. The summed E-state index contributed by atoms with van der Waals surface area (Å²) >= 11 is 0. The van der Waals surface area contributed by atoms with E-state index in [1.54, 1.807) is 23.0 Å². The average molecular weight is 344 g/mol. The zero-order valence-corrected chi connectivity index (χ0v) is 14.6. The van der Waals surface area contributed by atoms with Crippen molar-refractivity contribution in [3.05, 3.63) is 83.4 Å². The van der Waals surface area contributed by atoms with Crippen LogP contribution in [-0.4, -0.2) is 22.0 Å². The second-order valence-electron chi connectivity index (χ2n) is 5.91. The number of carbonyl (C=O) groups excluding carboxylic acids is 1. The second-order valence-corrected chi connectivity index (χ2v) is 5.91. The van der Waals surface area contributed by atoms with E-state index in [0.717, 1.165) is 17.8 Å². The number of hydrogen-bond acceptors (Lipinski definition) is 3. The Kier molecular flexibility index (Phi) is 5.45. The number of hydrogen-bond donors (Lipinski definition) is 1. The largest absolute Gasteiger partial charge is 0.350 e. The number of aromatic nitrogens is 2. The molecule has 2 aromatic heterocycles. The molecule has 0 aliphatic rings. The first-order chi connectivity index (χ1) is 12.7. The first-order valence-corrected chi connectivity index (χ1v) is 8.61. The summed E-state index contributed by atoms with van der Waals surface area (Å²) < 4.78 is 1.76. The average Bonchev–Trinajstić information content (AvgIpc) is 3.13. The molecule has 26 heavy (non-hydrogen) atoms. The summed E-state index contributed by atoms with van der Waals surface area (Å²) in [5, 5.41) is 12.2. The van der Waals surface area contributed by atoms with Crippen LogP contribution in [0.2, 0.25) is 0 Å². The summed E-state index contributed by atoms with van der Waals surface area (Å²) in [6.07, 6.45) is 5.08. The van der Waals surface area contributed by atoms with Gasteiger partial charge >= 0.3 is 0 Å². The van der Waals surface area contributed by atoms with Gasteiger partial charge in [-0.3, -0.25) is 9.78 Å². The van der Waals surface area contributed by atoms with Crippen molar-refractivity contribution < 1.29 is 4.79 Å². The zero-order valence-electron chi connectivity index (χ0n) is 14.6.